The molecule has 7 nitrogen and oxygen atoms in total. The second kappa shape index (κ2) is 7.73. The molecular formula is C23H31N5O2S. The van der Waals surface area contributed by atoms with E-state index >= 15 is 0 Å². The van der Waals surface area contributed by atoms with Gasteiger partial charge in [0.05, 0.1) is 34.7 Å². The molecule has 4 heterocycles. The molecule has 166 valence electrons. The van der Waals surface area contributed by atoms with Gasteiger partial charge in [-0.2, -0.15) is 0 Å². The third-order valence-electron chi connectivity index (χ3n) is 7.19. The van der Waals surface area contributed by atoms with Crippen LogP contribution in [0.5, 0.6) is 0 Å². The maximum Gasteiger partial charge on any atom is 0.231 e. The fourth-order valence-electron chi connectivity index (χ4n) is 5.15. The van der Waals surface area contributed by atoms with Crippen molar-refractivity contribution >= 4 is 23.2 Å². The van der Waals surface area contributed by atoms with Crippen molar-refractivity contribution in [1.82, 2.24) is 24.3 Å². The maximum absolute atomic E-state index is 13.8. The first-order valence-electron chi connectivity index (χ1n) is 11.4. The first-order chi connectivity index (χ1) is 14.9. The van der Waals surface area contributed by atoms with Crippen molar-refractivity contribution in [3.05, 3.63) is 34.3 Å². The molecule has 2 aromatic heterocycles. The lowest BCUT2D eigenvalue weighted by molar-refractivity contribution is -0.137. The van der Waals surface area contributed by atoms with Crippen LogP contribution in [0.2, 0.25) is 0 Å². The normalized spacial score (nSPS) is 26.1. The van der Waals surface area contributed by atoms with Crippen molar-refractivity contribution < 1.29 is 9.59 Å². The Kier molecular flexibility index (Phi) is 5.15. The highest BCUT2D eigenvalue weighted by atomic mass is 32.1. The highest BCUT2D eigenvalue weighted by Gasteiger charge is 2.58. The number of hydrogen-bond donors (Lipinski definition) is 0. The second-order valence-corrected chi connectivity index (χ2v) is 10.9. The van der Waals surface area contributed by atoms with Crippen LogP contribution in [0.25, 0.3) is 0 Å². The summed E-state index contributed by atoms with van der Waals surface area (Å²) in [7, 11) is 0. The summed E-state index contributed by atoms with van der Waals surface area (Å²) in [6.07, 6.45) is 7.64. The molecule has 0 aromatic carbocycles. The standard InChI is InChI=1S/C23H31N5O2S/c1-15(2)28-11-20(24-14-28)19-10-27(21(29)8-17-4-5-17)13-23(19)6-7-26(22(23)30)9-18-12-31-16(3)25-18/h11-12,14-15,17,19H,4-10,13H2,1-3H3/t19-,23-/m0/s1. The fraction of sp³-hybridized carbons (Fsp3) is 0.652. The summed E-state index contributed by atoms with van der Waals surface area (Å²) in [6, 6.07) is 0.315. The van der Waals surface area contributed by atoms with Gasteiger partial charge in [0.25, 0.3) is 0 Å². The molecule has 8 heteroatoms. The van der Waals surface area contributed by atoms with E-state index < -0.39 is 5.41 Å². The number of rotatable bonds is 6. The lowest BCUT2D eigenvalue weighted by Gasteiger charge is -2.27. The van der Waals surface area contributed by atoms with Gasteiger partial charge in [0.1, 0.15) is 0 Å². The Labute approximate surface area is 187 Å². The van der Waals surface area contributed by atoms with Gasteiger partial charge in [0, 0.05) is 49.6 Å². The molecule has 3 fully saturated rings. The average molecular weight is 442 g/mol. The van der Waals surface area contributed by atoms with Crippen molar-refractivity contribution in [3.63, 3.8) is 0 Å². The number of aromatic nitrogens is 3. The second-order valence-electron chi connectivity index (χ2n) is 9.80. The zero-order valence-corrected chi connectivity index (χ0v) is 19.4. The van der Waals surface area contributed by atoms with Gasteiger partial charge < -0.3 is 14.4 Å². The van der Waals surface area contributed by atoms with Crippen LogP contribution < -0.4 is 0 Å². The van der Waals surface area contributed by atoms with Gasteiger partial charge in [0.2, 0.25) is 11.8 Å². The van der Waals surface area contributed by atoms with Crippen LogP contribution in [0.15, 0.2) is 17.9 Å². The molecular weight excluding hydrogens is 410 g/mol. The fourth-order valence-corrected chi connectivity index (χ4v) is 5.75. The Morgan fingerprint density at radius 3 is 2.81 bits per heavy atom. The van der Waals surface area contributed by atoms with E-state index in [0.29, 0.717) is 44.6 Å². The van der Waals surface area contributed by atoms with Crippen molar-refractivity contribution in [2.45, 2.75) is 65.0 Å². The van der Waals surface area contributed by atoms with E-state index in [1.54, 1.807) is 11.3 Å². The molecule has 2 aromatic rings. The zero-order chi connectivity index (χ0) is 21.8. The first-order valence-corrected chi connectivity index (χ1v) is 12.3. The molecule has 0 N–H and O–H groups in total. The van der Waals surface area contributed by atoms with Crippen LogP contribution in [0.3, 0.4) is 0 Å². The Balaban J connectivity index is 1.42. The van der Waals surface area contributed by atoms with Gasteiger partial charge in [-0.3, -0.25) is 9.59 Å². The van der Waals surface area contributed by atoms with Crippen LogP contribution >= 0.6 is 11.3 Å². The third kappa shape index (κ3) is 3.79. The summed E-state index contributed by atoms with van der Waals surface area (Å²) in [4.78, 5) is 39.9. The third-order valence-corrected chi connectivity index (χ3v) is 8.01. The molecule has 5 rings (SSSR count). The summed E-state index contributed by atoms with van der Waals surface area (Å²) in [5.41, 5.74) is 1.32. The summed E-state index contributed by atoms with van der Waals surface area (Å²) in [5, 5.41) is 3.06. The van der Waals surface area contributed by atoms with Crippen molar-refractivity contribution in [3.8, 4) is 0 Å². The number of hydrogen-bond acceptors (Lipinski definition) is 5. The molecule has 2 atom stereocenters. The molecule has 2 aliphatic heterocycles. The smallest absolute Gasteiger partial charge is 0.231 e. The summed E-state index contributed by atoms with van der Waals surface area (Å²) < 4.78 is 2.09. The highest BCUT2D eigenvalue weighted by Crippen LogP contribution is 2.50. The van der Waals surface area contributed by atoms with E-state index in [2.05, 4.69) is 29.6 Å². The Hall–Kier alpha value is -2.22. The minimum atomic E-state index is -0.569. The molecule has 3 aliphatic rings. The van der Waals surface area contributed by atoms with E-state index in [9.17, 15) is 9.59 Å². The van der Waals surface area contributed by atoms with Gasteiger partial charge in [-0.1, -0.05) is 0 Å². The van der Waals surface area contributed by atoms with Gasteiger partial charge in [-0.25, -0.2) is 9.97 Å². The van der Waals surface area contributed by atoms with E-state index in [1.165, 1.54) is 0 Å². The van der Waals surface area contributed by atoms with Crippen molar-refractivity contribution in [2.75, 3.05) is 19.6 Å². The van der Waals surface area contributed by atoms with Crippen LogP contribution in [0.4, 0.5) is 0 Å². The van der Waals surface area contributed by atoms with E-state index in [4.69, 9.17) is 4.98 Å². The van der Waals surface area contributed by atoms with Crippen LogP contribution in [0, 0.1) is 18.3 Å². The van der Waals surface area contributed by atoms with Crippen molar-refractivity contribution in [1.29, 1.82) is 0 Å². The molecule has 2 amide bonds. The quantitative estimate of drug-likeness (QED) is 0.689. The lowest BCUT2D eigenvalue weighted by Crippen LogP contribution is -2.40. The summed E-state index contributed by atoms with van der Waals surface area (Å²) >= 11 is 1.62. The van der Waals surface area contributed by atoms with E-state index in [1.807, 2.05) is 28.4 Å². The highest BCUT2D eigenvalue weighted by molar-refractivity contribution is 7.09. The Bertz CT molecular complexity index is 994. The number of aryl methyl sites for hydroxylation is 1. The minimum Gasteiger partial charge on any atom is -0.341 e. The van der Waals surface area contributed by atoms with Crippen LogP contribution in [0.1, 0.15) is 67.9 Å². The van der Waals surface area contributed by atoms with Gasteiger partial charge in [-0.15, -0.1) is 11.3 Å². The topological polar surface area (TPSA) is 71.3 Å². The molecule has 1 saturated carbocycles. The van der Waals surface area contributed by atoms with Crippen molar-refractivity contribution in [2.24, 2.45) is 11.3 Å². The number of imidazole rings is 1. The van der Waals surface area contributed by atoms with E-state index in [-0.39, 0.29) is 17.7 Å². The molecule has 2 saturated heterocycles. The number of nitrogens with zero attached hydrogens (tertiary/aromatic N) is 5. The first kappa shape index (κ1) is 20.7. The predicted molar refractivity (Wildman–Crippen MR) is 119 cm³/mol. The number of carbonyl (C=O) groups is 2. The number of thiazole rings is 1. The van der Waals surface area contributed by atoms with Gasteiger partial charge in [-0.05, 0) is 46.0 Å². The Morgan fingerprint density at radius 2 is 2.16 bits per heavy atom. The minimum absolute atomic E-state index is 0.0506. The molecule has 0 unspecified atom stereocenters. The average Bonchev–Trinajstić information content (AvgIpc) is 3.11. The summed E-state index contributed by atoms with van der Waals surface area (Å²) in [6.45, 7) is 8.61. The molecule has 0 bridgehead atoms. The van der Waals surface area contributed by atoms with Gasteiger partial charge in [0.15, 0.2) is 0 Å². The molecule has 1 aliphatic carbocycles. The van der Waals surface area contributed by atoms with Crippen LogP contribution in [-0.4, -0.2) is 55.8 Å². The molecule has 31 heavy (non-hydrogen) atoms. The number of amides is 2. The lowest BCUT2D eigenvalue weighted by atomic mass is 9.75. The number of likely N-dealkylation sites (tertiary alicyclic amines) is 2. The molecule has 1 spiro atoms. The SMILES string of the molecule is Cc1nc(CN2CC[C@@]3(CN(C(=O)CC4CC4)C[C@H]3c3cn(C(C)C)cn3)C2=O)cs1. The number of carbonyl (C=O) groups excluding carboxylic acids is 2. The monoisotopic (exact) mass is 441 g/mol. The van der Waals surface area contributed by atoms with Gasteiger partial charge >= 0.3 is 0 Å². The maximum atomic E-state index is 13.8. The summed E-state index contributed by atoms with van der Waals surface area (Å²) in [5.74, 6) is 0.856. The van der Waals surface area contributed by atoms with Crippen LogP contribution in [-0.2, 0) is 16.1 Å². The molecule has 0 radical (unpaired) electrons. The largest absolute Gasteiger partial charge is 0.341 e. The zero-order valence-electron chi connectivity index (χ0n) is 18.6. The Morgan fingerprint density at radius 1 is 1.35 bits per heavy atom. The predicted octanol–water partition coefficient (Wildman–Crippen LogP) is 3.37. The van der Waals surface area contributed by atoms with E-state index in [0.717, 1.165) is 35.7 Å².